The van der Waals surface area contributed by atoms with E-state index in [1.165, 1.54) is 5.56 Å². The molecule has 1 saturated heterocycles. The van der Waals surface area contributed by atoms with Crippen molar-refractivity contribution in [3.63, 3.8) is 0 Å². The summed E-state index contributed by atoms with van der Waals surface area (Å²) >= 11 is 0. The minimum absolute atomic E-state index is 0.0564. The number of aryl methyl sites for hydroxylation is 2. The van der Waals surface area contributed by atoms with Crippen molar-refractivity contribution in [2.24, 2.45) is 5.92 Å². The molecule has 1 aromatic carbocycles. The molecule has 0 aliphatic carbocycles. The fourth-order valence-electron chi connectivity index (χ4n) is 3.02. The van der Waals surface area contributed by atoms with Crippen molar-refractivity contribution in [2.45, 2.75) is 26.4 Å². The van der Waals surface area contributed by atoms with E-state index in [2.05, 4.69) is 17.4 Å². The summed E-state index contributed by atoms with van der Waals surface area (Å²) in [5, 5.41) is 2.98. The molecule has 1 aliphatic rings. The molecular weight excluding hydrogens is 278 g/mol. The number of nitrogens with one attached hydrogen (secondary N) is 1. The second-order valence-electron chi connectivity index (χ2n) is 5.83. The maximum Gasteiger partial charge on any atom is 0.287 e. The average Bonchev–Trinajstić information content (AvgIpc) is 3.12. The van der Waals surface area contributed by atoms with Crippen LogP contribution in [0.15, 0.2) is 40.8 Å². The average molecular weight is 299 g/mol. The van der Waals surface area contributed by atoms with E-state index in [-0.39, 0.29) is 12.0 Å². The lowest BCUT2D eigenvalue weighted by Gasteiger charge is -2.19. The van der Waals surface area contributed by atoms with Gasteiger partial charge in [-0.3, -0.25) is 4.79 Å². The standard InChI is InChI=1S/C18H21NO3/c1-12-10-13(2)22-16(12)18(20)19-11-15-8-9-21-17(15)14-6-4-3-5-7-14/h3-7,10,15,17H,8-9,11H2,1-2H3,(H,19,20)/t15-,17-/m1/s1. The van der Waals surface area contributed by atoms with Crippen molar-refractivity contribution in [1.29, 1.82) is 0 Å². The van der Waals surface area contributed by atoms with Gasteiger partial charge in [0.25, 0.3) is 5.91 Å². The Kier molecular flexibility index (Phi) is 4.29. The molecule has 0 radical (unpaired) electrons. The quantitative estimate of drug-likeness (QED) is 0.941. The van der Waals surface area contributed by atoms with Crippen molar-refractivity contribution in [2.75, 3.05) is 13.2 Å². The second kappa shape index (κ2) is 6.36. The molecule has 4 heteroatoms. The molecule has 0 spiro atoms. The van der Waals surface area contributed by atoms with Gasteiger partial charge in [-0.2, -0.15) is 0 Å². The van der Waals surface area contributed by atoms with Crippen LogP contribution in [0.3, 0.4) is 0 Å². The molecule has 116 valence electrons. The third-order valence-corrected chi connectivity index (χ3v) is 4.11. The minimum Gasteiger partial charge on any atom is -0.456 e. The van der Waals surface area contributed by atoms with Crippen LogP contribution in [-0.4, -0.2) is 19.1 Å². The van der Waals surface area contributed by atoms with E-state index in [0.29, 0.717) is 18.2 Å². The highest BCUT2D eigenvalue weighted by Gasteiger charge is 2.30. The maximum absolute atomic E-state index is 12.2. The van der Waals surface area contributed by atoms with Crippen LogP contribution in [0, 0.1) is 19.8 Å². The molecule has 1 N–H and O–H groups in total. The summed E-state index contributed by atoms with van der Waals surface area (Å²) in [7, 11) is 0. The lowest BCUT2D eigenvalue weighted by molar-refractivity contribution is 0.0831. The molecule has 2 aromatic rings. The molecule has 4 nitrogen and oxygen atoms in total. The van der Waals surface area contributed by atoms with E-state index < -0.39 is 0 Å². The van der Waals surface area contributed by atoms with Crippen LogP contribution < -0.4 is 5.32 Å². The van der Waals surface area contributed by atoms with Crippen LogP contribution in [0.2, 0.25) is 0 Å². The van der Waals surface area contributed by atoms with E-state index >= 15 is 0 Å². The maximum atomic E-state index is 12.2. The summed E-state index contributed by atoms with van der Waals surface area (Å²) in [6.07, 6.45) is 1.01. The molecule has 3 rings (SSSR count). The van der Waals surface area contributed by atoms with Gasteiger partial charge < -0.3 is 14.5 Å². The van der Waals surface area contributed by atoms with Crippen molar-refractivity contribution in [3.05, 3.63) is 59.0 Å². The Morgan fingerprint density at radius 2 is 2.05 bits per heavy atom. The molecule has 2 heterocycles. The van der Waals surface area contributed by atoms with Crippen LogP contribution >= 0.6 is 0 Å². The zero-order valence-corrected chi connectivity index (χ0v) is 13.0. The third-order valence-electron chi connectivity index (χ3n) is 4.11. The monoisotopic (exact) mass is 299 g/mol. The van der Waals surface area contributed by atoms with Crippen LogP contribution in [0.5, 0.6) is 0 Å². The first-order valence-corrected chi connectivity index (χ1v) is 7.67. The highest BCUT2D eigenvalue weighted by atomic mass is 16.5. The van der Waals surface area contributed by atoms with Crippen molar-refractivity contribution >= 4 is 5.91 Å². The van der Waals surface area contributed by atoms with Gasteiger partial charge in [-0.15, -0.1) is 0 Å². The van der Waals surface area contributed by atoms with Crippen molar-refractivity contribution in [3.8, 4) is 0 Å². The van der Waals surface area contributed by atoms with Crippen molar-refractivity contribution < 1.29 is 13.9 Å². The van der Waals surface area contributed by atoms with Gasteiger partial charge in [0.1, 0.15) is 5.76 Å². The first-order valence-electron chi connectivity index (χ1n) is 7.67. The Hall–Kier alpha value is -2.07. The summed E-state index contributed by atoms with van der Waals surface area (Å²) in [6.45, 7) is 5.06. The Balaban J connectivity index is 1.63. The predicted octanol–water partition coefficient (Wildman–Crippen LogP) is 3.40. The lowest BCUT2D eigenvalue weighted by atomic mass is 9.95. The fraction of sp³-hybridized carbons (Fsp3) is 0.389. The molecule has 1 fully saturated rings. The number of ether oxygens (including phenoxy) is 1. The number of amides is 1. The fourth-order valence-corrected chi connectivity index (χ4v) is 3.02. The van der Waals surface area contributed by atoms with Gasteiger partial charge in [-0.25, -0.2) is 0 Å². The smallest absolute Gasteiger partial charge is 0.287 e. The number of hydrogen-bond acceptors (Lipinski definition) is 3. The topological polar surface area (TPSA) is 51.5 Å². The highest BCUT2D eigenvalue weighted by molar-refractivity contribution is 5.92. The van der Waals surface area contributed by atoms with E-state index in [4.69, 9.17) is 9.15 Å². The van der Waals surface area contributed by atoms with E-state index in [9.17, 15) is 4.79 Å². The summed E-state index contributed by atoms with van der Waals surface area (Å²) in [5.74, 6) is 1.31. The number of furan rings is 1. The molecule has 1 aliphatic heterocycles. The van der Waals surface area contributed by atoms with Gasteiger partial charge in [0, 0.05) is 24.6 Å². The number of benzene rings is 1. The van der Waals surface area contributed by atoms with E-state index in [1.54, 1.807) is 0 Å². The van der Waals surface area contributed by atoms with Crippen LogP contribution in [0.4, 0.5) is 0 Å². The Bertz CT molecular complexity index is 648. The summed E-state index contributed by atoms with van der Waals surface area (Å²) in [4.78, 5) is 12.2. The Morgan fingerprint density at radius 1 is 1.27 bits per heavy atom. The Labute approximate surface area is 130 Å². The van der Waals surface area contributed by atoms with Gasteiger partial charge in [0.15, 0.2) is 5.76 Å². The molecule has 0 saturated carbocycles. The lowest BCUT2D eigenvalue weighted by Crippen LogP contribution is -2.30. The summed E-state index contributed by atoms with van der Waals surface area (Å²) in [5.41, 5.74) is 2.04. The molecule has 2 atom stereocenters. The first kappa shape index (κ1) is 14.9. The second-order valence-corrected chi connectivity index (χ2v) is 5.83. The normalized spacial score (nSPS) is 21.0. The minimum atomic E-state index is -0.149. The van der Waals surface area contributed by atoms with Gasteiger partial charge in [0.2, 0.25) is 0 Å². The Morgan fingerprint density at radius 3 is 2.73 bits per heavy atom. The summed E-state index contributed by atoms with van der Waals surface area (Å²) < 4.78 is 11.3. The molecule has 1 amide bonds. The van der Waals surface area contributed by atoms with Gasteiger partial charge in [-0.1, -0.05) is 30.3 Å². The number of carbonyl (C=O) groups excluding carboxylic acids is 1. The van der Waals surface area contributed by atoms with Gasteiger partial charge in [-0.05, 0) is 31.9 Å². The van der Waals surface area contributed by atoms with Crippen LogP contribution in [-0.2, 0) is 4.74 Å². The first-order chi connectivity index (χ1) is 10.6. The van der Waals surface area contributed by atoms with E-state index in [1.807, 2.05) is 38.1 Å². The van der Waals surface area contributed by atoms with Gasteiger partial charge in [0.05, 0.1) is 6.10 Å². The molecule has 0 bridgehead atoms. The third kappa shape index (κ3) is 3.07. The predicted molar refractivity (Wildman–Crippen MR) is 83.8 cm³/mol. The molecular formula is C18H21NO3. The van der Waals surface area contributed by atoms with Gasteiger partial charge >= 0.3 is 0 Å². The number of rotatable bonds is 4. The summed E-state index contributed by atoms with van der Waals surface area (Å²) in [6, 6.07) is 12.1. The zero-order valence-electron chi connectivity index (χ0n) is 13.0. The molecule has 22 heavy (non-hydrogen) atoms. The highest BCUT2D eigenvalue weighted by Crippen LogP contribution is 2.33. The van der Waals surface area contributed by atoms with Crippen LogP contribution in [0.25, 0.3) is 0 Å². The largest absolute Gasteiger partial charge is 0.456 e. The SMILES string of the molecule is Cc1cc(C)c(C(=O)NC[C@H]2CCO[C@@H]2c2ccccc2)o1. The number of hydrogen-bond donors (Lipinski definition) is 1. The van der Waals surface area contributed by atoms with Crippen molar-refractivity contribution in [1.82, 2.24) is 5.32 Å². The van der Waals surface area contributed by atoms with E-state index in [0.717, 1.165) is 24.4 Å². The van der Waals surface area contributed by atoms with Crippen LogP contribution in [0.1, 0.15) is 40.0 Å². The number of carbonyl (C=O) groups is 1. The zero-order chi connectivity index (χ0) is 15.5. The molecule has 0 unspecified atom stereocenters. The molecule has 1 aromatic heterocycles.